The summed E-state index contributed by atoms with van der Waals surface area (Å²) in [7, 11) is 0. The smallest absolute Gasteiger partial charge is 0.412 e. The van der Waals surface area contributed by atoms with Crippen molar-refractivity contribution in [3.05, 3.63) is 12.1 Å². The number of rotatable bonds is 1. The summed E-state index contributed by atoms with van der Waals surface area (Å²) in [5, 5.41) is 2.62. The zero-order chi connectivity index (χ0) is 13.3. The summed E-state index contributed by atoms with van der Waals surface area (Å²) >= 11 is 4.28. The first-order chi connectivity index (χ1) is 8.35. The van der Waals surface area contributed by atoms with Crippen LogP contribution in [0.3, 0.4) is 0 Å². The summed E-state index contributed by atoms with van der Waals surface area (Å²) in [5.74, 6) is 1.20. The predicted octanol–water partition coefficient (Wildman–Crippen LogP) is 3.05. The monoisotopic (exact) mass is 269 g/mol. The number of carbonyl (C=O) groups excluding carboxylic acids is 1. The lowest BCUT2D eigenvalue weighted by Crippen LogP contribution is -2.27. The standard InChI is InChI=1S/C12H15NO4S/c1-12(2,3)17-11(14)13-7-4-8-9(5-10(7)18)16-6-15-8/h4-5,18H,6H2,1-3H3,(H,13,14). The van der Waals surface area contributed by atoms with E-state index < -0.39 is 11.7 Å². The van der Waals surface area contributed by atoms with Crippen molar-refractivity contribution in [2.75, 3.05) is 12.1 Å². The number of nitrogens with one attached hydrogen (secondary N) is 1. The number of fused-ring (bicyclic) bond motifs is 1. The van der Waals surface area contributed by atoms with Crippen LogP contribution in [0.15, 0.2) is 17.0 Å². The van der Waals surface area contributed by atoms with Crippen molar-refractivity contribution in [2.45, 2.75) is 31.3 Å². The minimum Gasteiger partial charge on any atom is -0.454 e. The molecule has 6 heteroatoms. The normalized spacial score (nSPS) is 13.3. The molecule has 0 radical (unpaired) electrons. The van der Waals surface area contributed by atoms with Gasteiger partial charge in [0.05, 0.1) is 5.69 Å². The molecule has 0 saturated carbocycles. The Kier molecular flexibility index (Phi) is 3.30. The number of hydrogen-bond donors (Lipinski definition) is 2. The first-order valence-electron chi connectivity index (χ1n) is 5.48. The van der Waals surface area contributed by atoms with Gasteiger partial charge in [-0.2, -0.15) is 0 Å². The van der Waals surface area contributed by atoms with Crippen LogP contribution in [0.1, 0.15) is 20.8 Å². The lowest BCUT2D eigenvalue weighted by molar-refractivity contribution is 0.0635. The van der Waals surface area contributed by atoms with Crippen LogP contribution in [0.2, 0.25) is 0 Å². The average molecular weight is 269 g/mol. The van der Waals surface area contributed by atoms with Crippen molar-refractivity contribution in [3.8, 4) is 11.5 Å². The molecule has 1 amide bonds. The van der Waals surface area contributed by atoms with Crippen LogP contribution in [0.25, 0.3) is 0 Å². The van der Waals surface area contributed by atoms with E-state index in [4.69, 9.17) is 14.2 Å². The molecular weight excluding hydrogens is 254 g/mol. The highest BCUT2D eigenvalue weighted by Crippen LogP contribution is 2.38. The average Bonchev–Trinajstić information content (AvgIpc) is 2.62. The fraction of sp³-hybridized carbons (Fsp3) is 0.417. The van der Waals surface area contributed by atoms with Gasteiger partial charge in [-0.15, -0.1) is 12.6 Å². The molecule has 0 spiro atoms. The van der Waals surface area contributed by atoms with E-state index in [0.717, 1.165) is 0 Å². The van der Waals surface area contributed by atoms with Gasteiger partial charge in [-0.3, -0.25) is 5.32 Å². The molecule has 2 rings (SSSR count). The Morgan fingerprint density at radius 2 is 1.94 bits per heavy atom. The van der Waals surface area contributed by atoms with Gasteiger partial charge in [0.1, 0.15) is 5.60 Å². The van der Waals surface area contributed by atoms with Crippen LogP contribution in [-0.4, -0.2) is 18.5 Å². The SMILES string of the molecule is CC(C)(C)OC(=O)Nc1cc2c(cc1S)OCO2. The van der Waals surface area contributed by atoms with Crippen LogP contribution >= 0.6 is 12.6 Å². The zero-order valence-electron chi connectivity index (χ0n) is 10.4. The molecule has 0 aliphatic carbocycles. The Morgan fingerprint density at radius 1 is 1.33 bits per heavy atom. The third kappa shape index (κ3) is 3.01. The minimum absolute atomic E-state index is 0.179. The quantitative estimate of drug-likeness (QED) is 0.769. The Balaban J connectivity index is 2.12. The highest BCUT2D eigenvalue weighted by atomic mass is 32.1. The van der Waals surface area contributed by atoms with E-state index in [-0.39, 0.29) is 6.79 Å². The van der Waals surface area contributed by atoms with Gasteiger partial charge >= 0.3 is 6.09 Å². The first-order valence-corrected chi connectivity index (χ1v) is 5.92. The predicted molar refractivity (Wildman–Crippen MR) is 69.7 cm³/mol. The molecule has 5 nitrogen and oxygen atoms in total. The van der Waals surface area contributed by atoms with Gasteiger partial charge < -0.3 is 14.2 Å². The van der Waals surface area contributed by atoms with Crippen LogP contribution in [0.5, 0.6) is 11.5 Å². The number of hydrogen-bond acceptors (Lipinski definition) is 5. The number of anilines is 1. The van der Waals surface area contributed by atoms with Gasteiger partial charge in [0.25, 0.3) is 0 Å². The Hall–Kier alpha value is -1.56. The molecule has 0 fully saturated rings. The molecule has 1 aliphatic rings. The molecule has 0 unspecified atom stereocenters. The van der Waals surface area contributed by atoms with Crippen molar-refractivity contribution < 1.29 is 19.0 Å². The van der Waals surface area contributed by atoms with Gasteiger partial charge in [0.15, 0.2) is 11.5 Å². The maximum atomic E-state index is 11.6. The fourth-order valence-electron chi connectivity index (χ4n) is 1.44. The van der Waals surface area contributed by atoms with Gasteiger partial charge in [0.2, 0.25) is 6.79 Å². The molecule has 1 aliphatic heterocycles. The molecule has 18 heavy (non-hydrogen) atoms. The van der Waals surface area contributed by atoms with Crippen LogP contribution in [-0.2, 0) is 4.74 Å². The Morgan fingerprint density at radius 3 is 2.56 bits per heavy atom. The second-order valence-electron chi connectivity index (χ2n) is 4.85. The highest BCUT2D eigenvalue weighted by Gasteiger charge is 2.20. The molecule has 1 aromatic rings. The number of amides is 1. The number of ether oxygens (including phenoxy) is 3. The van der Waals surface area contributed by atoms with Gasteiger partial charge in [-0.1, -0.05) is 0 Å². The van der Waals surface area contributed by atoms with E-state index in [0.29, 0.717) is 22.1 Å². The molecule has 0 saturated heterocycles. The van der Waals surface area contributed by atoms with Crippen molar-refractivity contribution in [3.63, 3.8) is 0 Å². The maximum absolute atomic E-state index is 11.6. The number of thiol groups is 1. The summed E-state index contributed by atoms with van der Waals surface area (Å²) in [6, 6.07) is 3.35. The van der Waals surface area contributed by atoms with Crippen molar-refractivity contribution in [1.29, 1.82) is 0 Å². The van der Waals surface area contributed by atoms with E-state index >= 15 is 0 Å². The van der Waals surface area contributed by atoms with Gasteiger partial charge in [-0.25, -0.2) is 4.79 Å². The zero-order valence-corrected chi connectivity index (χ0v) is 11.3. The highest BCUT2D eigenvalue weighted by molar-refractivity contribution is 7.80. The summed E-state index contributed by atoms with van der Waals surface area (Å²) < 4.78 is 15.6. The number of carbonyl (C=O) groups is 1. The summed E-state index contributed by atoms with van der Waals surface area (Å²) in [6.07, 6.45) is -0.531. The fourth-order valence-corrected chi connectivity index (χ4v) is 1.68. The maximum Gasteiger partial charge on any atom is 0.412 e. The second kappa shape index (κ2) is 4.61. The third-order valence-electron chi connectivity index (χ3n) is 2.13. The lowest BCUT2D eigenvalue weighted by atomic mass is 10.2. The van der Waals surface area contributed by atoms with Crippen LogP contribution in [0, 0.1) is 0 Å². The van der Waals surface area contributed by atoms with Crippen molar-refractivity contribution in [2.24, 2.45) is 0 Å². The lowest BCUT2D eigenvalue weighted by Gasteiger charge is -2.20. The third-order valence-corrected chi connectivity index (χ3v) is 2.50. The van der Waals surface area contributed by atoms with Gasteiger partial charge in [-0.05, 0) is 26.8 Å². The largest absolute Gasteiger partial charge is 0.454 e. The second-order valence-corrected chi connectivity index (χ2v) is 5.33. The summed E-state index contributed by atoms with van der Waals surface area (Å²) in [6.45, 7) is 5.58. The van der Waals surface area contributed by atoms with E-state index in [2.05, 4.69) is 17.9 Å². The summed E-state index contributed by atoms with van der Waals surface area (Å²) in [4.78, 5) is 12.2. The van der Waals surface area contributed by atoms with Crippen molar-refractivity contribution >= 4 is 24.4 Å². The molecule has 98 valence electrons. The van der Waals surface area contributed by atoms with E-state index in [9.17, 15) is 4.79 Å². The molecule has 1 N–H and O–H groups in total. The topological polar surface area (TPSA) is 56.8 Å². The van der Waals surface area contributed by atoms with Crippen molar-refractivity contribution in [1.82, 2.24) is 0 Å². The Bertz CT molecular complexity index is 482. The van der Waals surface area contributed by atoms with Gasteiger partial charge in [0, 0.05) is 11.0 Å². The van der Waals surface area contributed by atoms with E-state index in [1.807, 2.05) is 0 Å². The van der Waals surface area contributed by atoms with E-state index in [1.54, 1.807) is 32.9 Å². The molecule has 1 heterocycles. The first kappa shape index (κ1) is 12.9. The Labute approximate surface area is 111 Å². The minimum atomic E-state index is -0.544. The molecule has 0 aromatic heterocycles. The molecule has 1 aromatic carbocycles. The molecule has 0 bridgehead atoms. The summed E-state index contributed by atoms with van der Waals surface area (Å²) in [5.41, 5.74) is -0.0196. The van der Waals surface area contributed by atoms with Crippen LogP contribution < -0.4 is 14.8 Å². The molecular formula is C12H15NO4S. The van der Waals surface area contributed by atoms with E-state index in [1.165, 1.54) is 0 Å². The number of benzene rings is 1. The molecule has 0 atom stereocenters. The van der Waals surface area contributed by atoms with Crippen LogP contribution in [0.4, 0.5) is 10.5 Å².